The van der Waals surface area contributed by atoms with Gasteiger partial charge in [-0.2, -0.15) is 4.57 Å². The van der Waals surface area contributed by atoms with Crippen molar-refractivity contribution in [3.05, 3.63) is 61.1 Å². The number of aromatic nitrogens is 2. The van der Waals surface area contributed by atoms with Gasteiger partial charge in [0.1, 0.15) is 11.9 Å². The molecule has 100 valence electrons. The van der Waals surface area contributed by atoms with E-state index in [4.69, 9.17) is 4.74 Å². The van der Waals surface area contributed by atoms with Gasteiger partial charge < -0.3 is 28.7 Å². The van der Waals surface area contributed by atoms with Crippen LogP contribution < -0.4 is 33.3 Å². The molecule has 0 spiro atoms. The highest BCUT2D eigenvalue weighted by Crippen LogP contribution is 2.40. The van der Waals surface area contributed by atoms with Crippen LogP contribution in [0.1, 0.15) is 0 Å². The highest BCUT2D eigenvalue weighted by Gasteiger charge is 2.25. The fraction of sp³-hybridized carbons (Fsp3) is 0.0625. The largest absolute Gasteiger partial charge is 1.00 e. The van der Waals surface area contributed by atoms with Gasteiger partial charge in [-0.1, -0.05) is 24.3 Å². The lowest BCUT2D eigenvalue weighted by Crippen LogP contribution is -3.00. The SMILES string of the molecule is C[n+]1cc2n(c1)-c1ccccc1Oc1ccccc1-2.[I-]. The molecule has 3 nitrogen and oxygen atoms in total. The fourth-order valence-corrected chi connectivity index (χ4v) is 2.55. The van der Waals surface area contributed by atoms with E-state index in [1.165, 1.54) is 0 Å². The maximum Gasteiger partial charge on any atom is 0.249 e. The van der Waals surface area contributed by atoms with Crippen LogP contribution >= 0.6 is 0 Å². The molecule has 1 aliphatic heterocycles. The van der Waals surface area contributed by atoms with E-state index in [2.05, 4.69) is 33.8 Å². The maximum absolute atomic E-state index is 6.05. The summed E-state index contributed by atoms with van der Waals surface area (Å²) < 4.78 is 10.3. The van der Waals surface area contributed by atoms with Gasteiger partial charge in [0.05, 0.1) is 12.6 Å². The Bertz CT molecular complexity index is 717. The Morgan fingerprint density at radius 3 is 2.50 bits per heavy atom. The van der Waals surface area contributed by atoms with Gasteiger partial charge in [0.2, 0.25) is 6.33 Å². The molecule has 0 aliphatic carbocycles. The lowest BCUT2D eigenvalue weighted by molar-refractivity contribution is -0.670. The molecule has 0 radical (unpaired) electrons. The van der Waals surface area contributed by atoms with Crippen molar-refractivity contribution >= 4 is 0 Å². The quantitative estimate of drug-likeness (QED) is 0.314. The number of benzene rings is 2. The van der Waals surface area contributed by atoms with Crippen LogP contribution in [-0.2, 0) is 7.05 Å². The van der Waals surface area contributed by atoms with E-state index in [-0.39, 0.29) is 24.0 Å². The van der Waals surface area contributed by atoms with E-state index in [0.29, 0.717) is 0 Å². The Morgan fingerprint density at radius 1 is 0.950 bits per heavy atom. The molecule has 0 bridgehead atoms. The van der Waals surface area contributed by atoms with Crippen molar-refractivity contribution in [2.45, 2.75) is 0 Å². The third-order valence-electron chi connectivity index (χ3n) is 3.39. The van der Waals surface area contributed by atoms with Crippen LogP contribution in [-0.4, -0.2) is 4.57 Å². The summed E-state index contributed by atoms with van der Waals surface area (Å²) in [6.07, 6.45) is 4.18. The van der Waals surface area contributed by atoms with E-state index in [1.54, 1.807) is 0 Å². The number of hydrogen-bond acceptors (Lipinski definition) is 1. The van der Waals surface area contributed by atoms with Gasteiger partial charge in [-0.25, -0.2) is 4.57 Å². The van der Waals surface area contributed by atoms with Gasteiger partial charge in [0.15, 0.2) is 17.1 Å². The summed E-state index contributed by atoms with van der Waals surface area (Å²) >= 11 is 0. The van der Waals surface area contributed by atoms with Crippen molar-refractivity contribution in [3.63, 3.8) is 0 Å². The predicted molar refractivity (Wildman–Crippen MR) is 72.5 cm³/mol. The Labute approximate surface area is 134 Å². The van der Waals surface area contributed by atoms with E-state index >= 15 is 0 Å². The first kappa shape index (κ1) is 13.2. The summed E-state index contributed by atoms with van der Waals surface area (Å²) in [5.74, 6) is 1.78. The average Bonchev–Trinajstić information content (AvgIpc) is 2.76. The molecule has 2 heterocycles. The molecular weight excluding hydrogens is 363 g/mol. The van der Waals surface area contributed by atoms with E-state index < -0.39 is 0 Å². The Kier molecular flexibility index (Phi) is 3.25. The molecule has 20 heavy (non-hydrogen) atoms. The molecule has 4 heteroatoms. The number of halogens is 1. The second-order valence-electron chi connectivity index (χ2n) is 4.73. The standard InChI is InChI=1S/C16H13N2O.HI/c1-17-10-14-12-6-2-4-8-15(12)19-16-9-5-3-7-13(16)18(14)11-17;/h2-11H,1H3;1H/q+1;/p-1. The van der Waals surface area contributed by atoms with Gasteiger partial charge in [-0.05, 0) is 24.3 Å². The highest BCUT2D eigenvalue weighted by atomic mass is 127. The van der Waals surface area contributed by atoms with Gasteiger partial charge >= 0.3 is 0 Å². The number of fused-ring (bicyclic) bond motifs is 5. The van der Waals surface area contributed by atoms with Gasteiger partial charge in [0, 0.05) is 0 Å². The zero-order valence-corrected chi connectivity index (χ0v) is 13.1. The van der Waals surface area contributed by atoms with Crippen molar-refractivity contribution < 1.29 is 33.3 Å². The molecular formula is C16H13IN2O. The second kappa shape index (κ2) is 4.94. The third-order valence-corrected chi connectivity index (χ3v) is 3.39. The molecule has 0 amide bonds. The molecule has 4 rings (SSSR count). The number of rotatable bonds is 0. The van der Waals surface area contributed by atoms with Crippen LogP contribution in [0.5, 0.6) is 11.5 Å². The van der Waals surface area contributed by atoms with Crippen molar-refractivity contribution in [2.24, 2.45) is 7.05 Å². The number of imidazole rings is 1. The minimum atomic E-state index is 0. The second-order valence-corrected chi connectivity index (χ2v) is 4.73. The first-order chi connectivity index (χ1) is 9.33. The van der Waals surface area contributed by atoms with Crippen molar-refractivity contribution in [2.75, 3.05) is 0 Å². The smallest absolute Gasteiger partial charge is 0.249 e. The van der Waals surface area contributed by atoms with Gasteiger partial charge in [-0.3, -0.25) is 0 Å². The summed E-state index contributed by atoms with van der Waals surface area (Å²) in [4.78, 5) is 0. The lowest BCUT2D eigenvalue weighted by Gasteiger charge is -2.05. The molecule has 0 N–H and O–H groups in total. The molecule has 3 aromatic rings. The summed E-state index contributed by atoms with van der Waals surface area (Å²) in [5.41, 5.74) is 3.32. The zero-order chi connectivity index (χ0) is 12.8. The molecule has 1 aromatic heterocycles. The first-order valence-corrected chi connectivity index (χ1v) is 6.27. The zero-order valence-electron chi connectivity index (χ0n) is 11.0. The monoisotopic (exact) mass is 376 g/mol. The molecule has 1 aliphatic rings. The van der Waals surface area contributed by atoms with E-state index in [1.807, 2.05) is 43.4 Å². The van der Waals surface area contributed by atoms with Crippen LogP contribution in [0.3, 0.4) is 0 Å². The summed E-state index contributed by atoms with van der Waals surface area (Å²) in [6.45, 7) is 0. The maximum atomic E-state index is 6.05. The van der Waals surface area contributed by atoms with Crippen molar-refractivity contribution in [1.82, 2.24) is 4.57 Å². The summed E-state index contributed by atoms with van der Waals surface area (Å²) in [5, 5.41) is 0. The normalized spacial score (nSPS) is 11.2. The highest BCUT2D eigenvalue weighted by molar-refractivity contribution is 5.72. The minimum absolute atomic E-state index is 0. The molecule has 0 saturated heterocycles. The fourth-order valence-electron chi connectivity index (χ4n) is 2.55. The van der Waals surface area contributed by atoms with E-state index in [9.17, 15) is 0 Å². The van der Waals surface area contributed by atoms with Crippen LogP contribution in [0.15, 0.2) is 61.1 Å². The molecule has 0 unspecified atom stereocenters. The topological polar surface area (TPSA) is 18.0 Å². The number of aryl methyl sites for hydroxylation is 1. The summed E-state index contributed by atoms with van der Waals surface area (Å²) in [7, 11) is 2.04. The first-order valence-electron chi connectivity index (χ1n) is 6.27. The average molecular weight is 376 g/mol. The van der Waals surface area contributed by atoms with Crippen LogP contribution in [0.25, 0.3) is 16.9 Å². The van der Waals surface area contributed by atoms with Crippen LogP contribution in [0.2, 0.25) is 0 Å². The number of ether oxygens (including phenoxy) is 1. The lowest BCUT2D eigenvalue weighted by atomic mass is 10.1. The summed E-state index contributed by atoms with van der Waals surface area (Å²) in [6, 6.07) is 16.2. The van der Waals surface area contributed by atoms with Gasteiger partial charge in [-0.15, -0.1) is 0 Å². The van der Waals surface area contributed by atoms with Crippen molar-refractivity contribution in [3.8, 4) is 28.4 Å². The Balaban J connectivity index is 0.00000121. The molecule has 0 saturated carbocycles. The molecule has 2 aromatic carbocycles. The molecule has 0 atom stereocenters. The number of nitrogens with zero attached hydrogens (tertiary/aromatic N) is 2. The van der Waals surface area contributed by atoms with Gasteiger partial charge in [0.25, 0.3) is 0 Å². The van der Waals surface area contributed by atoms with Crippen LogP contribution in [0, 0.1) is 0 Å². The molecule has 0 fully saturated rings. The van der Waals surface area contributed by atoms with Crippen molar-refractivity contribution in [1.29, 1.82) is 0 Å². The Hall–Kier alpha value is -1.82. The third kappa shape index (κ3) is 1.91. The predicted octanol–water partition coefficient (Wildman–Crippen LogP) is 0.0785. The number of hydrogen-bond donors (Lipinski definition) is 0. The number of para-hydroxylation sites is 3. The van der Waals surface area contributed by atoms with E-state index in [0.717, 1.165) is 28.4 Å². The minimum Gasteiger partial charge on any atom is -1.00 e. The Morgan fingerprint density at radius 2 is 1.65 bits per heavy atom. The van der Waals surface area contributed by atoms with Crippen LogP contribution in [0.4, 0.5) is 0 Å².